The van der Waals surface area contributed by atoms with Crippen LogP contribution in [0.1, 0.15) is 18.1 Å². The van der Waals surface area contributed by atoms with Crippen molar-refractivity contribution in [3.05, 3.63) is 65.7 Å². The molecule has 2 aromatic carbocycles. The van der Waals surface area contributed by atoms with E-state index < -0.39 is 0 Å². The fourth-order valence-electron chi connectivity index (χ4n) is 2.11. The zero-order chi connectivity index (χ0) is 15.6. The van der Waals surface area contributed by atoms with Crippen LogP contribution in [0.5, 0.6) is 0 Å². The summed E-state index contributed by atoms with van der Waals surface area (Å²) in [5.41, 5.74) is 2.97. The molecule has 0 aliphatic carbocycles. The SMILES string of the molecule is CCOCc1ccccc1NC(=O)NCCc1ccccc1. The molecule has 0 aliphatic rings. The van der Waals surface area contributed by atoms with Gasteiger partial charge in [-0.05, 0) is 25.0 Å². The van der Waals surface area contributed by atoms with Gasteiger partial charge in [-0.3, -0.25) is 0 Å². The molecule has 2 rings (SSSR count). The fraction of sp³-hybridized carbons (Fsp3) is 0.278. The molecule has 0 radical (unpaired) electrons. The van der Waals surface area contributed by atoms with E-state index in [0.29, 0.717) is 19.8 Å². The van der Waals surface area contributed by atoms with Crippen LogP contribution in [0.3, 0.4) is 0 Å². The van der Waals surface area contributed by atoms with Crippen molar-refractivity contribution in [1.29, 1.82) is 0 Å². The molecular formula is C18H22N2O2. The van der Waals surface area contributed by atoms with Crippen LogP contribution in [-0.4, -0.2) is 19.2 Å². The number of ether oxygens (including phenoxy) is 1. The molecule has 4 nitrogen and oxygen atoms in total. The van der Waals surface area contributed by atoms with E-state index in [2.05, 4.69) is 22.8 Å². The van der Waals surface area contributed by atoms with Gasteiger partial charge >= 0.3 is 6.03 Å². The van der Waals surface area contributed by atoms with Gasteiger partial charge in [0.15, 0.2) is 0 Å². The highest BCUT2D eigenvalue weighted by atomic mass is 16.5. The number of amides is 2. The molecule has 0 saturated heterocycles. The molecular weight excluding hydrogens is 276 g/mol. The highest BCUT2D eigenvalue weighted by Gasteiger charge is 2.06. The highest BCUT2D eigenvalue weighted by Crippen LogP contribution is 2.15. The summed E-state index contributed by atoms with van der Waals surface area (Å²) in [7, 11) is 0. The van der Waals surface area contributed by atoms with Gasteiger partial charge in [-0.2, -0.15) is 0 Å². The molecule has 0 atom stereocenters. The maximum atomic E-state index is 12.0. The van der Waals surface area contributed by atoms with Crippen LogP contribution in [0, 0.1) is 0 Å². The Balaban J connectivity index is 1.81. The molecule has 0 aromatic heterocycles. The van der Waals surface area contributed by atoms with E-state index in [9.17, 15) is 4.79 Å². The lowest BCUT2D eigenvalue weighted by molar-refractivity contribution is 0.134. The van der Waals surface area contributed by atoms with E-state index in [4.69, 9.17) is 4.74 Å². The van der Waals surface area contributed by atoms with Crippen molar-refractivity contribution in [3.63, 3.8) is 0 Å². The minimum Gasteiger partial charge on any atom is -0.377 e. The van der Waals surface area contributed by atoms with Gasteiger partial charge in [-0.1, -0.05) is 48.5 Å². The van der Waals surface area contributed by atoms with Gasteiger partial charge in [0.2, 0.25) is 0 Å². The largest absolute Gasteiger partial charge is 0.377 e. The van der Waals surface area contributed by atoms with Crippen LogP contribution >= 0.6 is 0 Å². The number of urea groups is 1. The first-order valence-electron chi connectivity index (χ1n) is 7.54. The van der Waals surface area contributed by atoms with Gasteiger partial charge in [0.05, 0.1) is 6.61 Å². The summed E-state index contributed by atoms with van der Waals surface area (Å²) in [6.07, 6.45) is 0.814. The summed E-state index contributed by atoms with van der Waals surface area (Å²) in [5.74, 6) is 0. The van der Waals surface area contributed by atoms with E-state index in [0.717, 1.165) is 17.7 Å². The van der Waals surface area contributed by atoms with E-state index in [-0.39, 0.29) is 6.03 Å². The van der Waals surface area contributed by atoms with E-state index in [1.54, 1.807) is 0 Å². The van der Waals surface area contributed by atoms with Crippen molar-refractivity contribution in [2.24, 2.45) is 0 Å². The van der Waals surface area contributed by atoms with Crippen molar-refractivity contribution < 1.29 is 9.53 Å². The number of hydrogen-bond donors (Lipinski definition) is 2. The van der Waals surface area contributed by atoms with Gasteiger partial charge in [-0.15, -0.1) is 0 Å². The van der Waals surface area contributed by atoms with Crippen LogP contribution in [0.15, 0.2) is 54.6 Å². The Morgan fingerprint density at radius 2 is 1.77 bits per heavy atom. The number of carbonyl (C=O) groups is 1. The second kappa shape index (κ2) is 8.85. The number of benzene rings is 2. The molecule has 2 N–H and O–H groups in total. The smallest absolute Gasteiger partial charge is 0.319 e. The Morgan fingerprint density at radius 1 is 1.05 bits per heavy atom. The lowest BCUT2D eigenvalue weighted by atomic mass is 10.1. The Kier molecular flexibility index (Phi) is 6.45. The third-order valence-electron chi connectivity index (χ3n) is 3.27. The van der Waals surface area contributed by atoms with Crippen LogP contribution < -0.4 is 10.6 Å². The summed E-state index contributed by atoms with van der Waals surface area (Å²) in [6.45, 7) is 3.70. The first kappa shape index (κ1) is 16.0. The lowest BCUT2D eigenvalue weighted by Crippen LogP contribution is -2.30. The van der Waals surface area contributed by atoms with Gasteiger partial charge in [0, 0.05) is 24.4 Å². The fourth-order valence-corrected chi connectivity index (χ4v) is 2.11. The second-order valence-corrected chi connectivity index (χ2v) is 4.91. The zero-order valence-electron chi connectivity index (χ0n) is 12.8. The van der Waals surface area contributed by atoms with Gasteiger partial charge in [0.25, 0.3) is 0 Å². The first-order chi connectivity index (χ1) is 10.8. The molecule has 0 bridgehead atoms. The topological polar surface area (TPSA) is 50.4 Å². The molecule has 116 valence electrons. The second-order valence-electron chi connectivity index (χ2n) is 4.91. The van der Waals surface area contributed by atoms with Crippen molar-refractivity contribution in [1.82, 2.24) is 5.32 Å². The van der Waals surface area contributed by atoms with Crippen molar-refractivity contribution >= 4 is 11.7 Å². The van der Waals surface area contributed by atoms with Gasteiger partial charge in [-0.25, -0.2) is 4.79 Å². The third kappa shape index (κ3) is 5.22. The Labute approximate surface area is 131 Å². The van der Waals surface area contributed by atoms with Crippen LogP contribution in [0.2, 0.25) is 0 Å². The van der Waals surface area contributed by atoms with Crippen molar-refractivity contribution in [2.75, 3.05) is 18.5 Å². The monoisotopic (exact) mass is 298 g/mol. The van der Waals surface area contributed by atoms with Crippen molar-refractivity contribution in [3.8, 4) is 0 Å². The minimum atomic E-state index is -0.195. The summed E-state index contributed by atoms with van der Waals surface area (Å²) < 4.78 is 5.41. The maximum Gasteiger partial charge on any atom is 0.319 e. The number of para-hydroxylation sites is 1. The van der Waals surface area contributed by atoms with Crippen molar-refractivity contribution in [2.45, 2.75) is 20.0 Å². The van der Waals surface area contributed by atoms with E-state index in [1.807, 2.05) is 49.4 Å². The number of carbonyl (C=O) groups excluding carboxylic acids is 1. The average molecular weight is 298 g/mol. The molecule has 4 heteroatoms. The Bertz CT molecular complexity index is 585. The number of hydrogen-bond acceptors (Lipinski definition) is 2. The van der Waals surface area contributed by atoms with Crippen LogP contribution in [-0.2, 0) is 17.8 Å². The summed E-state index contributed by atoms with van der Waals surface area (Å²) in [5, 5.41) is 5.75. The molecule has 2 amide bonds. The third-order valence-corrected chi connectivity index (χ3v) is 3.27. The Morgan fingerprint density at radius 3 is 2.55 bits per heavy atom. The quantitative estimate of drug-likeness (QED) is 0.820. The van der Waals surface area contributed by atoms with E-state index >= 15 is 0 Å². The molecule has 0 fully saturated rings. The minimum absolute atomic E-state index is 0.195. The Hall–Kier alpha value is -2.33. The van der Waals surface area contributed by atoms with Gasteiger partial charge < -0.3 is 15.4 Å². The predicted molar refractivity (Wildman–Crippen MR) is 88.9 cm³/mol. The molecule has 0 heterocycles. The predicted octanol–water partition coefficient (Wildman–Crippen LogP) is 3.59. The number of nitrogens with one attached hydrogen (secondary N) is 2. The molecule has 0 saturated carbocycles. The summed E-state index contributed by atoms with van der Waals surface area (Å²) in [4.78, 5) is 12.0. The van der Waals surface area contributed by atoms with Gasteiger partial charge in [0.1, 0.15) is 0 Å². The molecule has 2 aromatic rings. The zero-order valence-corrected chi connectivity index (χ0v) is 12.8. The first-order valence-corrected chi connectivity index (χ1v) is 7.54. The van der Waals surface area contributed by atoms with E-state index in [1.165, 1.54) is 5.56 Å². The molecule has 22 heavy (non-hydrogen) atoms. The highest BCUT2D eigenvalue weighted by molar-refractivity contribution is 5.90. The summed E-state index contributed by atoms with van der Waals surface area (Å²) in [6, 6.07) is 17.6. The normalized spacial score (nSPS) is 10.2. The standard InChI is InChI=1S/C18H22N2O2/c1-2-22-14-16-10-6-7-11-17(16)20-18(21)19-13-12-15-8-4-3-5-9-15/h3-11H,2,12-14H2,1H3,(H2,19,20,21). The van der Waals surface area contributed by atoms with Crippen LogP contribution in [0.4, 0.5) is 10.5 Å². The maximum absolute atomic E-state index is 12.0. The molecule has 0 aliphatic heterocycles. The van der Waals surface area contributed by atoms with Crippen LogP contribution in [0.25, 0.3) is 0 Å². The molecule has 0 spiro atoms. The number of rotatable bonds is 7. The average Bonchev–Trinajstić information content (AvgIpc) is 2.55. The lowest BCUT2D eigenvalue weighted by Gasteiger charge is -2.12. The summed E-state index contributed by atoms with van der Waals surface area (Å²) >= 11 is 0. The number of anilines is 1. The molecule has 0 unspecified atom stereocenters.